The lowest BCUT2D eigenvalue weighted by Gasteiger charge is -2.12. The first kappa shape index (κ1) is 15.6. The Labute approximate surface area is 133 Å². The maximum absolute atomic E-state index is 12.1. The molecule has 1 fully saturated rings. The second-order valence-corrected chi connectivity index (χ2v) is 5.89. The highest BCUT2D eigenvalue weighted by atomic mass is 32.2. The van der Waals surface area contributed by atoms with E-state index in [0.717, 1.165) is 5.56 Å². The summed E-state index contributed by atoms with van der Waals surface area (Å²) in [7, 11) is 3.24. The van der Waals surface area contributed by atoms with Crippen molar-refractivity contribution in [1.82, 2.24) is 4.90 Å². The summed E-state index contributed by atoms with van der Waals surface area (Å²) in [6.07, 6.45) is 3.42. The highest BCUT2D eigenvalue weighted by Crippen LogP contribution is 2.36. The average Bonchev–Trinajstić information content (AvgIpc) is 2.73. The molecule has 1 aliphatic heterocycles. The van der Waals surface area contributed by atoms with Crippen LogP contribution in [0.1, 0.15) is 5.56 Å². The smallest absolute Gasteiger partial charge is 0.265 e. The normalized spacial score (nSPS) is 16.5. The minimum Gasteiger partial charge on any atom is -0.493 e. The Bertz CT molecular complexity index is 625. The molecule has 0 spiro atoms. The molecule has 4 nitrogen and oxygen atoms in total. The van der Waals surface area contributed by atoms with Crippen LogP contribution in [-0.4, -0.2) is 35.9 Å². The minimum absolute atomic E-state index is 0.109. The summed E-state index contributed by atoms with van der Waals surface area (Å²) < 4.78 is 11.5. The number of ether oxygens (including phenoxy) is 2. The third-order valence-corrected chi connectivity index (χ3v) is 4.33. The van der Waals surface area contributed by atoms with E-state index in [0.29, 0.717) is 27.3 Å². The van der Waals surface area contributed by atoms with E-state index in [2.05, 4.69) is 6.58 Å². The van der Waals surface area contributed by atoms with E-state index in [-0.39, 0.29) is 5.91 Å². The van der Waals surface area contributed by atoms with Crippen LogP contribution in [0.3, 0.4) is 0 Å². The highest BCUT2D eigenvalue weighted by molar-refractivity contribution is 8.26. The molecule has 1 heterocycles. The Morgan fingerprint density at radius 1 is 1.48 bits per heavy atom. The van der Waals surface area contributed by atoms with Crippen LogP contribution in [0, 0.1) is 0 Å². The fourth-order valence-electron chi connectivity index (χ4n) is 1.79. The van der Waals surface area contributed by atoms with Crippen molar-refractivity contribution in [2.45, 2.75) is 0 Å². The lowest BCUT2D eigenvalue weighted by atomic mass is 10.1. The van der Waals surface area contributed by atoms with Crippen LogP contribution in [0.4, 0.5) is 0 Å². The van der Waals surface area contributed by atoms with E-state index in [1.165, 1.54) is 16.7 Å². The van der Waals surface area contributed by atoms with E-state index in [4.69, 9.17) is 21.7 Å². The van der Waals surface area contributed by atoms with Gasteiger partial charge in [-0.1, -0.05) is 48.8 Å². The summed E-state index contributed by atoms with van der Waals surface area (Å²) in [6.45, 7) is 3.99. The zero-order valence-electron chi connectivity index (χ0n) is 11.8. The van der Waals surface area contributed by atoms with Gasteiger partial charge in [0.25, 0.3) is 5.91 Å². The molecule has 0 bridgehead atoms. The van der Waals surface area contributed by atoms with Gasteiger partial charge in [-0.05, 0) is 12.1 Å². The molecular weight excluding hydrogens is 306 g/mol. The molecule has 1 saturated heterocycles. The van der Waals surface area contributed by atoms with Gasteiger partial charge in [-0.2, -0.15) is 0 Å². The number of thioether (sulfide) groups is 1. The molecule has 110 valence electrons. The van der Waals surface area contributed by atoms with Crippen molar-refractivity contribution in [1.29, 1.82) is 0 Å². The second-order valence-electron chi connectivity index (χ2n) is 4.22. The molecule has 1 aliphatic rings. The number of nitrogens with zero attached hydrogens (tertiary/aromatic N) is 1. The SMILES string of the molecule is C=CCOc1c(/C=C2/SC(=S)N(C)C2=O)cccc1OC. The monoisotopic (exact) mass is 321 g/mol. The summed E-state index contributed by atoms with van der Waals surface area (Å²) in [5, 5.41) is 0. The number of benzene rings is 1. The number of thiocarbonyl (C=S) groups is 1. The zero-order valence-corrected chi connectivity index (χ0v) is 13.4. The topological polar surface area (TPSA) is 38.8 Å². The summed E-state index contributed by atoms with van der Waals surface area (Å²) in [5.74, 6) is 1.08. The Morgan fingerprint density at radius 3 is 2.81 bits per heavy atom. The largest absolute Gasteiger partial charge is 0.493 e. The Hall–Kier alpha value is -1.79. The van der Waals surface area contributed by atoms with Gasteiger partial charge in [-0.25, -0.2) is 0 Å². The fourth-order valence-corrected chi connectivity index (χ4v) is 2.96. The molecule has 6 heteroatoms. The zero-order chi connectivity index (χ0) is 15.4. The van der Waals surface area contributed by atoms with Crippen molar-refractivity contribution < 1.29 is 14.3 Å². The molecule has 0 atom stereocenters. The van der Waals surface area contributed by atoms with Crippen LogP contribution in [0.15, 0.2) is 35.8 Å². The molecule has 0 unspecified atom stereocenters. The molecular formula is C15H15NO3S2. The van der Waals surface area contributed by atoms with E-state index in [1.807, 2.05) is 12.1 Å². The summed E-state index contributed by atoms with van der Waals surface area (Å²) >= 11 is 6.40. The number of likely N-dealkylation sites (N-methyl/N-ethyl adjacent to an activating group) is 1. The first-order valence-electron chi connectivity index (χ1n) is 6.20. The molecule has 0 aliphatic carbocycles. The first-order chi connectivity index (χ1) is 10.1. The second kappa shape index (κ2) is 6.78. The number of carbonyl (C=O) groups excluding carboxylic acids is 1. The van der Waals surface area contributed by atoms with Gasteiger partial charge < -0.3 is 9.47 Å². The number of hydrogen-bond donors (Lipinski definition) is 0. The Balaban J connectivity index is 2.42. The predicted octanol–water partition coefficient (Wildman–Crippen LogP) is 3.09. The Kier molecular flexibility index (Phi) is 5.03. The van der Waals surface area contributed by atoms with Crippen molar-refractivity contribution in [3.8, 4) is 11.5 Å². The number of rotatable bonds is 5. The van der Waals surface area contributed by atoms with E-state index >= 15 is 0 Å². The van der Waals surface area contributed by atoms with Crippen molar-refractivity contribution in [2.24, 2.45) is 0 Å². The van der Waals surface area contributed by atoms with E-state index in [9.17, 15) is 4.79 Å². The minimum atomic E-state index is -0.109. The molecule has 0 aromatic heterocycles. The third kappa shape index (κ3) is 3.28. The molecule has 21 heavy (non-hydrogen) atoms. The van der Waals surface area contributed by atoms with Crippen molar-refractivity contribution in [2.75, 3.05) is 20.8 Å². The van der Waals surface area contributed by atoms with Gasteiger partial charge in [0, 0.05) is 12.6 Å². The maximum atomic E-state index is 12.1. The van der Waals surface area contributed by atoms with Crippen LogP contribution < -0.4 is 9.47 Å². The molecule has 2 rings (SSSR count). The van der Waals surface area contributed by atoms with Crippen LogP contribution in [0.2, 0.25) is 0 Å². The number of hydrogen-bond acceptors (Lipinski definition) is 5. The van der Waals surface area contributed by atoms with E-state index in [1.54, 1.807) is 32.4 Å². The lowest BCUT2D eigenvalue weighted by Crippen LogP contribution is -2.22. The van der Waals surface area contributed by atoms with Gasteiger partial charge >= 0.3 is 0 Å². The maximum Gasteiger partial charge on any atom is 0.265 e. The fraction of sp³-hybridized carbons (Fsp3) is 0.200. The van der Waals surface area contributed by atoms with Gasteiger partial charge in [0.1, 0.15) is 10.9 Å². The first-order valence-corrected chi connectivity index (χ1v) is 7.43. The van der Waals surface area contributed by atoms with Crippen LogP contribution in [0.25, 0.3) is 6.08 Å². The molecule has 1 aromatic rings. The molecule has 1 aromatic carbocycles. The van der Waals surface area contributed by atoms with Gasteiger partial charge in [0.05, 0.1) is 12.0 Å². The number of para-hydroxylation sites is 1. The van der Waals surface area contributed by atoms with Crippen molar-refractivity contribution in [3.63, 3.8) is 0 Å². The predicted molar refractivity (Wildman–Crippen MR) is 89.6 cm³/mol. The average molecular weight is 321 g/mol. The summed E-state index contributed by atoms with van der Waals surface area (Å²) in [6, 6.07) is 5.52. The number of carbonyl (C=O) groups is 1. The Morgan fingerprint density at radius 2 is 2.24 bits per heavy atom. The summed E-state index contributed by atoms with van der Waals surface area (Å²) in [5.41, 5.74) is 0.769. The van der Waals surface area contributed by atoms with Gasteiger partial charge in [-0.3, -0.25) is 9.69 Å². The number of methoxy groups -OCH3 is 1. The summed E-state index contributed by atoms with van der Waals surface area (Å²) in [4.78, 5) is 14.1. The lowest BCUT2D eigenvalue weighted by molar-refractivity contribution is -0.121. The highest BCUT2D eigenvalue weighted by Gasteiger charge is 2.29. The van der Waals surface area contributed by atoms with Gasteiger partial charge in [0.2, 0.25) is 0 Å². The molecule has 0 N–H and O–H groups in total. The molecule has 1 amide bonds. The van der Waals surface area contributed by atoms with Crippen LogP contribution in [-0.2, 0) is 4.79 Å². The quantitative estimate of drug-likeness (QED) is 0.473. The van der Waals surface area contributed by atoms with Crippen molar-refractivity contribution >= 4 is 40.3 Å². The van der Waals surface area contributed by atoms with Crippen LogP contribution in [0.5, 0.6) is 11.5 Å². The van der Waals surface area contributed by atoms with E-state index < -0.39 is 0 Å². The molecule has 0 saturated carbocycles. The number of amides is 1. The third-order valence-electron chi connectivity index (χ3n) is 2.85. The van der Waals surface area contributed by atoms with Gasteiger partial charge in [0.15, 0.2) is 11.5 Å². The van der Waals surface area contributed by atoms with Gasteiger partial charge in [-0.15, -0.1) is 0 Å². The standard InChI is InChI=1S/C15H15NO3S2/c1-4-8-19-13-10(6-5-7-11(13)18-3)9-12-14(17)16(2)15(20)21-12/h4-7,9H,1,8H2,2-3H3/b12-9+. The molecule has 0 radical (unpaired) electrons. The van der Waals surface area contributed by atoms with Crippen molar-refractivity contribution in [3.05, 3.63) is 41.3 Å². The van der Waals surface area contributed by atoms with Crippen LogP contribution >= 0.6 is 24.0 Å².